The van der Waals surface area contributed by atoms with Crippen LogP contribution in [-0.4, -0.2) is 17.5 Å². The van der Waals surface area contributed by atoms with Crippen LogP contribution >= 0.6 is 11.6 Å². The lowest BCUT2D eigenvalue weighted by atomic mass is 10.1. The van der Waals surface area contributed by atoms with E-state index in [0.717, 1.165) is 16.1 Å². The molecule has 0 saturated heterocycles. The van der Waals surface area contributed by atoms with E-state index in [1.165, 1.54) is 0 Å². The molecule has 0 heterocycles. The average molecular weight is 309 g/mol. The Morgan fingerprint density at radius 1 is 0.947 bits per heavy atom. The fraction of sp³-hybridized carbons (Fsp3) is 0.455. The molecule has 0 unspecified atom stereocenters. The second kappa shape index (κ2) is 6.36. The van der Waals surface area contributed by atoms with Gasteiger partial charge in [0.2, 0.25) is 0 Å². The summed E-state index contributed by atoms with van der Waals surface area (Å²) in [5, 5.41) is 9.79. The summed E-state index contributed by atoms with van der Waals surface area (Å²) in [5.74, 6) is 0.277. The lowest BCUT2D eigenvalue weighted by molar-refractivity contribution is -0.232. The van der Waals surface area contributed by atoms with Crippen LogP contribution in [0.2, 0.25) is 5.02 Å². The third kappa shape index (κ3) is 8.58. The van der Waals surface area contributed by atoms with Crippen LogP contribution in [0.4, 0.5) is 26.3 Å². The molecule has 0 aliphatic carbocycles. The highest BCUT2D eigenvalue weighted by Crippen LogP contribution is 2.31. The van der Waals surface area contributed by atoms with Crippen LogP contribution < -0.4 is 0 Å². The number of aromatic hydroxyl groups is 1. The molecule has 0 fully saturated rings. The van der Waals surface area contributed by atoms with Crippen LogP contribution in [0.15, 0.2) is 12.1 Å². The Morgan fingerprint density at radius 3 is 1.47 bits per heavy atom. The highest BCUT2D eigenvalue weighted by atomic mass is 35.5. The van der Waals surface area contributed by atoms with Gasteiger partial charge >= 0.3 is 12.4 Å². The summed E-state index contributed by atoms with van der Waals surface area (Å²) in [6.45, 7) is 3.74. The number of alkyl halides is 6. The Morgan fingerprint density at radius 2 is 1.26 bits per heavy atom. The molecule has 0 aromatic heterocycles. The zero-order valence-corrected chi connectivity index (χ0v) is 10.7. The third-order valence-electron chi connectivity index (χ3n) is 1.82. The molecule has 1 N–H and O–H groups in total. The molecule has 0 aliphatic rings. The largest absolute Gasteiger partial charge is 0.508 e. The first-order valence-electron chi connectivity index (χ1n) is 4.91. The van der Waals surface area contributed by atoms with Gasteiger partial charge in [-0.1, -0.05) is 11.6 Å². The summed E-state index contributed by atoms with van der Waals surface area (Å²) < 4.78 is 65.0. The first-order valence-corrected chi connectivity index (χ1v) is 5.29. The highest BCUT2D eigenvalue weighted by Gasteiger charge is 2.43. The molecule has 1 nitrogen and oxygen atoms in total. The summed E-state index contributed by atoms with van der Waals surface area (Å²) in [4.78, 5) is 0. The van der Waals surface area contributed by atoms with Gasteiger partial charge in [-0.25, -0.2) is 0 Å². The minimum absolute atomic E-state index is 0.277. The van der Waals surface area contributed by atoms with Gasteiger partial charge in [0.05, 0.1) is 0 Å². The van der Waals surface area contributed by atoms with Gasteiger partial charge in [0.25, 0.3) is 0 Å². The van der Waals surface area contributed by atoms with Crippen molar-refractivity contribution in [1.29, 1.82) is 0 Å². The van der Waals surface area contributed by atoms with E-state index < -0.39 is 18.8 Å². The van der Waals surface area contributed by atoms with Crippen molar-refractivity contribution in [2.75, 3.05) is 0 Å². The van der Waals surface area contributed by atoms with Crippen molar-refractivity contribution in [3.8, 4) is 5.75 Å². The number of phenolic OH excluding ortho intramolecular Hbond substituents is 1. The first-order chi connectivity index (χ1) is 8.32. The molecule has 0 spiro atoms. The molecule has 19 heavy (non-hydrogen) atoms. The molecule has 0 radical (unpaired) electrons. The normalized spacial score (nSPS) is 11.8. The molecule has 1 rings (SSSR count). The van der Waals surface area contributed by atoms with Crippen LogP contribution in [0.5, 0.6) is 5.75 Å². The molecular formula is C11H11ClF6O. The van der Waals surface area contributed by atoms with E-state index in [0.29, 0.717) is 0 Å². The van der Waals surface area contributed by atoms with Crippen molar-refractivity contribution in [3.63, 3.8) is 0 Å². The van der Waals surface area contributed by atoms with Crippen molar-refractivity contribution >= 4 is 11.6 Å². The Bertz CT molecular complexity index is 389. The second-order valence-corrected chi connectivity index (χ2v) is 4.18. The number of benzene rings is 1. The van der Waals surface area contributed by atoms with E-state index in [2.05, 4.69) is 0 Å². The number of rotatable bonds is 0. The van der Waals surface area contributed by atoms with Crippen LogP contribution in [0.25, 0.3) is 0 Å². The second-order valence-electron chi connectivity index (χ2n) is 3.80. The lowest BCUT2D eigenvalue weighted by Gasteiger charge is -2.08. The molecular weight excluding hydrogens is 298 g/mol. The first kappa shape index (κ1) is 17.9. The van der Waals surface area contributed by atoms with Gasteiger partial charge in [0.15, 0.2) is 0 Å². The van der Waals surface area contributed by atoms with Crippen LogP contribution in [0.3, 0.4) is 0 Å². The maximum absolute atomic E-state index is 10.8. The smallest absolute Gasteiger partial charge is 0.397 e. The topological polar surface area (TPSA) is 20.2 Å². The van der Waals surface area contributed by atoms with Crippen LogP contribution in [-0.2, 0) is 0 Å². The van der Waals surface area contributed by atoms with Gasteiger partial charge in [-0.05, 0) is 37.1 Å². The van der Waals surface area contributed by atoms with E-state index in [4.69, 9.17) is 16.7 Å². The monoisotopic (exact) mass is 308 g/mol. The fourth-order valence-corrected chi connectivity index (χ4v) is 1.26. The molecule has 1 aromatic rings. The molecule has 8 heteroatoms. The van der Waals surface area contributed by atoms with Gasteiger partial charge in [-0.2, -0.15) is 26.3 Å². The Hall–Kier alpha value is -1.11. The van der Waals surface area contributed by atoms with Crippen molar-refractivity contribution in [2.24, 2.45) is 0 Å². The molecule has 110 valence electrons. The van der Waals surface area contributed by atoms with Gasteiger partial charge in [0.1, 0.15) is 12.2 Å². The van der Waals surface area contributed by atoms with Crippen LogP contribution in [0, 0.1) is 13.8 Å². The molecule has 0 atom stereocenters. The van der Waals surface area contributed by atoms with Crippen molar-refractivity contribution < 1.29 is 31.4 Å². The summed E-state index contributed by atoms with van der Waals surface area (Å²) in [7, 11) is 0. The van der Waals surface area contributed by atoms with Crippen molar-refractivity contribution in [2.45, 2.75) is 32.6 Å². The Balaban J connectivity index is 0.000000344. The van der Waals surface area contributed by atoms with E-state index in [1.54, 1.807) is 12.1 Å². The molecule has 1 aromatic carbocycles. The molecule has 0 amide bonds. The average Bonchev–Trinajstić information content (AvgIpc) is 2.08. The fourth-order valence-electron chi connectivity index (χ4n) is 1.15. The van der Waals surface area contributed by atoms with Gasteiger partial charge in [-0.15, -0.1) is 0 Å². The van der Waals surface area contributed by atoms with E-state index in [1.807, 2.05) is 13.8 Å². The van der Waals surface area contributed by atoms with Crippen molar-refractivity contribution in [3.05, 3.63) is 28.3 Å². The van der Waals surface area contributed by atoms with E-state index >= 15 is 0 Å². The summed E-state index contributed by atoms with van der Waals surface area (Å²) in [6, 6.07) is 3.30. The Kier molecular flexibility index (Phi) is 5.99. The number of hydrogen-bond donors (Lipinski definition) is 1. The number of halogens is 7. The maximum Gasteiger partial charge on any atom is 0.397 e. The quantitative estimate of drug-likeness (QED) is 0.656. The molecule has 0 bridgehead atoms. The van der Waals surface area contributed by atoms with E-state index in [9.17, 15) is 26.3 Å². The zero-order chi connectivity index (χ0) is 15.4. The number of phenols is 1. The predicted molar refractivity (Wildman–Crippen MR) is 59.3 cm³/mol. The lowest BCUT2D eigenvalue weighted by Crippen LogP contribution is -2.20. The van der Waals surface area contributed by atoms with Gasteiger partial charge in [0, 0.05) is 5.02 Å². The predicted octanol–water partition coefficient (Wildman–Crippen LogP) is 5.16. The number of aryl methyl sites for hydroxylation is 2. The van der Waals surface area contributed by atoms with E-state index in [-0.39, 0.29) is 5.75 Å². The summed E-state index contributed by atoms with van der Waals surface area (Å²) >= 11 is 5.84. The number of hydrogen-bond acceptors (Lipinski definition) is 1. The van der Waals surface area contributed by atoms with Crippen LogP contribution in [0.1, 0.15) is 17.5 Å². The zero-order valence-electron chi connectivity index (χ0n) is 9.95. The third-order valence-corrected chi connectivity index (χ3v) is 2.42. The molecule has 0 aliphatic heterocycles. The minimum Gasteiger partial charge on any atom is -0.508 e. The van der Waals surface area contributed by atoms with Crippen molar-refractivity contribution in [1.82, 2.24) is 0 Å². The highest BCUT2D eigenvalue weighted by molar-refractivity contribution is 6.32. The Labute approximate surface area is 110 Å². The van der Waals surface area contributed by atoms with Gasteiger partial charge in [-0.3, -0.25) is 0 Å². The summed E-state index contributed by atoms with van der Waals surface area (Å²) in [5.41, 5.74) is 1.83. The SMILES string of the molecule is Cc1cc(O)cc(C)c1Cl.FC(F)(F)CC(F)(F)F. The maximum atomic E-state index is 10.8. The summed E-state index contributed by atoms with van der Waals surface area (Å²) in [6.07, 6.45) is -13.0. The molecule has 0 saturated carbocycles. The standard InChI is InChI=1S/C8H9ClO.C3H2F6/c1-5-3-7(10)4-6(2)8(5)9;4-2(5,6)1-3(7,8)9/h3-4,10H,1-2H3;1H2. The minimum atomic E-state index is -5.14. The van der Waals surface area contributed by atoms with Gasteiger partial charge < -0.3 is 5.11 Å².